The van der Waals surface area contributed by atoms with E-state index in [1.54, 1.807) is 0 Å². The van der Waals surface area contributed by atoms with Crippen molar-refractivity contribution in [1.29, 1.82) is 0 Å². The van der Waals surface area contributed by atoms with Crippen LogP contribution in [0.4, 0.5) is 0 Å². The van der Waals surface area contributed by atoms with E-state index in [-0.39, 0.29) is 23.1 Å². The standard InChI is InChI=1S/C22H32O3/c1-20-9-5-15(23)13-14(20)3-4-16-17(20)6-10-21(2)18(16)7-11-22(21)12-8-19(24)25-22/h3,15-18,23H,4-13H2,1-2H3/t15-,16-,17+,18+,20-,21+,22+/m0/s1. The molecule has 0 aromatic rings. The Hall–Kier alpha value is -0.830. The Morgan fingerprint density at radius 2 is 1.88 bits per heavy atom. The summed E-state index contributed by atoms with van der Waals surface area (Å²) < 4.78 is 6.02. The van der Waals surface area contributed by atoms with Crippen LogP contribution < -0.4 is 0 Å². The molecule has 3 heteroatoms. The molecule has 0 bridgehead atoms. The van der Waals surface area contributed by atoms with Crippen LogP contribution in [0.5, 0.6) is 0 Å². The maximum Gasteiger partial charge on any atom is 0.306 e. The van der Waals surface area contributed by atoms with Gasteiger partial charge in [-0.1, -0.05) is 25.5 Å². The average Bonchev–Trinajstić information content (AvgIpc) is 3.10. The van der Waals surface area contributed by atoms with Gasteiger partial charge in [0.2, 0.25) is 0 Å². The molecule has 0 aromatic carbocycles. The highest BCUT2D eigenvalue weighted by atomic mass is 16.6. The Labute approximate surface area is 151 Å². The number of carbonyl (C=O) groups excluding carboxylic acids is 1. The summed E-state index contributed by atoms with van der Waals surface area (Å²) in [5.41, 5.74) is 1.85. The number of aliphatic hydroxyl groups is 1. The van der Waals surface area contributed by atoms with Gasteiger partial charge in [0, 0.05) is 11.8 Å². The Bertz CT molecular complexity index is 639. The molecule has 3 saturated carbocycles. The monoisotopic (exact) mass is 344 g/mol. The zero-order valence-electron chi connectivity index (χ0n) is 15.7. The first-order valence-corrected chi connectivity index (χ1v) is 10.5. The molecule has 1 saturated heterocycles. The van der Waals surface area contributed by atoms with E-state index >= 15 is 0 Å². The fourth-order valence-electron chi connectivity index (χ4n) is 7.94. The average molecular weight is 344 g/mol. The van der Waals surface area contributed by atoms with Crippen LogP contribution in [0.15, 0.2) is 11.6 Å². The normalized spacial score (nSPS) is 54.5. The van der Waals surface area contributed by atoms with E-state index in [9.17, 15) is 9.90 Å². The van der Waals surface area contributed by atoms with Crippen molar-refractivity contribution in [2.75, 3.05) is 0 Å². The van der Waals surface area contributed by atoms with Crippen molar-refractivity contribution < 1.29 is 14.6 Å². The van der Waals surface area contributed by atoms with Gasteiger partial charge in [0.1, 0.15) is 5.60 Å². The molecule has 3 nitrogen and oxygen atoms in total. The summed E-state index contributed by atoms with van der Waals surface area (Å²) in [5.74, 6) is 2.22. The third-order valence-corrected chi connectivity index (χ3v) is 9.41. The van der Waals surface area contributed by atoms with E-state index < -0.39 is 0 Å². The summed E-state index contributed by atoms with van der Waals surface area (Å²) in [6.07, 6.45) is 12.9. The van der Waals surface area contributed by atoms with E-state index in [1.807, 2.05) is 0 Å². The Morgan fingerprint density at radius 3 is 2.64 bits per heavy atom. The Kier molecular flexibility index (Phi) is 3.35. The fraction of sp³-hybridized carbons (Fsp3) is 0.864. The van der Waals surface area contributed by atoms with Crippen LogP contribution in [0.25, 0.3) is 0 Å². The number of carbonyl (C=O) groups is 1. The molecule has 138 valence electrons. The summed E-state index contributed by atoms with van der Waals surface area (Å²) in [5, 5.41) is 10.1. The molecule has 1 aliphatic heterocycles. The van der Waals surface area contributed by atoms with Gasteiger partial charge in [0.15, 0.2) is 0 Å². The maximum atomic E-state index is 11.9. The Morgan fingerprint density at radius 1 is 1.08 bits per heavy atom. The molecule has 4 aliphatic carbocycles. The van der Waals surface area contributed by atoms with Crippen LogP contribution in [0.1, 0.15) is 78.1 Å². The second kappa shape index (κ2) is 5.12. The summed E-state index contributed by atoms with van der Waals surface area (Å²) in [4.78, 5) is 11.9. The first kappa shape index (κ1) is 16.4. The fourth-order valence-corrected chi connectivity index (χ4v) is 7.94. The van der Waals surface area contributed by atoms with Crippen LogP contribution >= 0.6 is 0 Å². The van der Waals surface area contributed by atoms with Crippen molar-refractivity contribution in [1.82, 2.24) is 0 Å². The smallest absolute Gasteiger partial charge is 0.306 e. The van der Waals surface area contributed by atoms with Crippen LogP contribution in [0.3, 0.4) is 0 Å². The third kappa shape index (κ3) is 1.99. The van der Waals surface area contributed by atoms with Crippen molar-refractivity contribution in [3.8, 4) is 0 Å². The van der Waals surface area contributed by atoms with Gasteiger partial charge in [-0.2, -0.15) is 0 Å². The van der Waals surface area contributed by atoms with E-state index in [1.165, 1.54) is 31.3 Å². The minimum absolute atomic E-state index is 0.0306. The van der Waals surface area contributed by atoms with Crippen LogP contribution in [0, 0.1) is 28.6 Å². The number of hydrogen-bond donors (Lipinski definition) is 1. The van der Waals surface area contributed by atoms with Gasteiger partial charge in [-0.05, 0) is 81.0 Å². The lowest BCUT2D eigenvalue weighted by molar-refractivity contribution is -0.167. The molecule has 1 heterocycles. The van der Waals surface area contributed by atoms with Crippen molar-refractivity contribution in [3.63, 3.8) is 0 Å². The van der Waals surface area contributed by atoms with Gasteiger partial charge >= 0.3 is 5.97 Å². The van der Waals surface area contributed by atoms with E-state index in [0.717, 1.165) is 43.9 Å². The Balaban J connectivity index is 1.49. The van der Waals surface area contributed by atoms with Crippen molar-refractivity contribution >= 4 is 5.97 Å². The molecular formula is C22H32O3. The van der Waals surface area contributed by atoms with Gasteiger partial charge < -0.3 is 9.84 Å². The minimum Gasteiger partial charge on any atom is -0.458 e. The summed E-state index contributed by atoms with van der Waals surface area (Å²) in [6, 6.07) is 0. The first-order chi connectivity index (χ1) is 11.9. The van der Waals surface area contributed by atoms with Crippen LogP contribution in [0.2, 0.25) is 0 Å². The van der Waals surface area contributed by atoms with E-state index in [2.05, 4.69) is 19.9 Å². The predicted octanol–water partition coefficient (Wildman–Crippen LogP) is 4.39. The van der Waals surface area contributed by atoms with Gasteiger partial charge in [0.05, 0.1) is 6.10 Å². The van der Waals surface area contributed by atoms with Gasteiger partial charge in [-0.15, -0.1) is 0 Å². The lowest BCUT2D eigenvalue weighted by Crippen LogP contribution is -2.54. The molecule has 4 fully saturated rings. The van der Waals surface area contributed by atoms with Gasteiger partial charge in [0.25, 0.3) is 0 Å². The molecule has 5 rings (SSSR count). The molecule has 1 spiro atoms. The number of ether oxygens (including phenoxy) is 1. The largest absolute Gasteiger partial charge is 0.458 e. The van der Waals surface area contributed by atoms with Crippen LogP contribution in [-0.4, -0.2) is 22.8 Å². The second-order valence-corrected chi connectivity index (χ2v) is 10.1. The molecule has 0 aromatic heterocycles. The molecule has 5 aliphatic rings. The number of esters is 1. The van der Waals surface area contributed by atoms with Crippen LogP contribution in [-0.2, 0) is 9.53 Å². The number of fused-ring (bicyclic) bond motifs is 6. The zero-order chi connectivity index (χ0) is 17.4. The minimum atomic E-state index is -0.159. The number of allylic oxidation sites excluding steroid dienone is 1. The zero-order valence-corrected chi connectivity index (χ0v) is 15.7. The number of hydrogen-bond acceptors (Lipinski definition) is 3. The SMILES string of the molecule is C[C@]12CC[C@H](O)CC1=CC[C@H]1[C@H]2CC[C@]2(C)[C@@H]1CC[C@@]21CCC(=O)O1. The summed E-state index contributed by atoms with van der Waals surface area (Å²) in [6.45, 7) is 4.91. The second-order valence-electron chi connectivity index (χ2n) is 10.1. The lowest BCUT2D eigenvalue weighted by Gasteiger charge is -2.59. The molecule has 1 N–H and O–H groups in total. The molecular weight excluding hydrogens is 312 g/mol. The molecule has 25 heavy (non-hydrogen) atoms. The van der Waals surface area contributed by atoms with Crippen molar-refractivity contribution in [3.05, 3.63) is 11.6 Å². The topological polar surface area (TPSA) is 46.5 Å². The third-order valence-electron chi connectivity index (χ3n) is 9.41. The van der Waals surface area contributed by atoms with Gasteiger partial charge in [-0.25, -0.2) is 0 Å². The quantitative estimate of drug-likeness (QED) is 0.524. The van der Waals surface area contributed by atoms with E-state index in [4.69, 9.17) is 4.74 Å². The van der Waals surface area contributed by atoms with E-state index in [0.29, 0.717) is 17.8 Å². The molecule has 0 radical (unpaired) electrons. The van der Waals surface area contributed by atoms with Crippen molar-refractivity contribution in [2.45, 2.75) is 89.8 Å². The first-order valence-electron chi connectivity index (χ1n) is 10.5. The highest BCUT2D eigenvalue weighted by molar-refractivity contribution is 5.72. The number of rotatable bonds is 0. The summed E-state index contributed by atoms with van der Waals surface area (Å²) >= 11 is 0. The highest BCUT2D eigenvalue weighted by Crippen LogP contribution is 2.69. The molecule has 0 amide bonds. The molecule has 7 atom stereocenters. The lowest BCUT2D eigenvalue weighted by atomic mass is 9.47. The maximum absolute atomic E-state index is 11.9. The van der Waals surface area contributed by atoms with Crippen molar-refractivity contribution in [2.24, 2.45) is 28.6 Å². The highest BCUT2D eigenvalue weighted by Gasteiger charge is 2.66. The molecule has 0 unspecified atom stereocenters. The van der Waals surface area contributed by atoms with Gasteiger partial charge in [-0.3, -0.25) is 4.79 Å². The predicted molar refractivity (Wildman–Crippen MR) is 95.8 cm³/mol. The summed E-state index contributed by atoms with van der Waals surface area (Å²) in [7, 11) is 0. The number of aliphatic hydroxyl groups excluding tert-OH is 1.